The van der Waals surface area contributed by atoms with E-state index in [1.54, 1.807) is 6.92 Å². The van der Waals surface area contributed by atoms with Crippen molar-refractivity contribution in [3.63, 3.8) is 0 Å². The van der Waals surface area contributed by atoms with Gasteiger partial charge in [-0.05, 0) is 43.9 Å². The molecular formula is C19H25F3N2O3. The highest BCUT2D eigenvalue weighted by Crippen LogP contribution is 2.38. The Morgan fingerprint density at radius 3 is 2.56 bits per heavy atom. The summed E-state index contributed by atoms with van der Waals surface area (Å²) in [5.41, 5.74) is -2.21. The molecule has 0 spiro atoms. The lowest BCUT2D eigenvalue weighted by molar-refractivity contribution is -0.138. The van der Waals surface area contributed by atoms with Crippen LogP contribution in [0.25, 0.3) is 0 Å². The van der Waals surface area contributed by atoms with Crippen LogP contribution in [0.1, 0.15) is 49.5 Å². The Morgan fingerprint density at radius 1 is 1.33 bits per heavy atom. The summed E-state index contributed by atoms with van der Waals surface area (Å²) in [7, 11) is 1.14. The van der Waals surface area contributed by atoms with Gasteiger partial charge in [0.1, 0.15) is 11.3 Å². The number of amides is 2. The number of ether oxygens (including phenoxy) is 1. The van der Waals surface area contributed by atoms with Gasteiger partial charge in [0.25, 0.3) is 5.91 Å². The number of carbonyl (C=O) groups excluding carboxylic acids is 2. The minimum atomic E-state index is -4.65. The van der Waals surface area contributed by atoms with Gasteiger partial charge in [-0.1, -0.05) is 13.8 Å². The zero-order chi connectivity index (χ0) is 20.4. The first-order valence-corrected chi connectivity index (χ1v) is 8.86. The first-order valence-electron chi connectivity index (χ1n) is 8.86. The molecule has 0 aromatic heterocycles. The molecule has 2 amide bonds. The number of nitrogens with one attached hydrogen (secondary N) is 1. The van der Waals surface area contributed by atoms with Crippen molar-refractivity contribution < 1.29 is 27.5 Å². The molecule has 2 rings (SSSR count). The molecular weight excluding hydrogens is 361 g/mol. The number of rotatable bonds is 5. The Kier molecular flexibility index (Phi) is 6.07. The summed E-state index contributed by atoms with van der Waals surface area (Å²) in [5, 5.41) is 2.82. The monoisotopic (exact) mass is 386 g/mol. The van der Waals surface area contributed by atoms with Crippen molar-refractivity contribution in [1.29, 1.82) is 0 Å². The van der Waals surface area contributed by atoms with Gasteiger partial charge in [0.05, 0.1) is 12.7 Å². The largest absolute Gasteiger partial charge is 0.496 e. The molecule has 0 bridgehead atoms. The Hall–Kier alpha value is -2.25. The SMILES string of the molecule is COc1ccc(C(=O)N2CCCC2(C)C(=O)NCC(C)C)cc1C(F)(F)F. The predicted octanol–water partition coefficient (Wildman–Crippen LogP) is 3.48. The highest BCUT2D eigenvalue weighted by Gasteiger charge is 2.46. The number of methoxy groups -OCH3 is 1. The van der Waals surface area contributed by atoms with E-state index in [2.05, 4.69) is 5.32 Å². The fraction of sp³-hybridized carbons (Fsp3) is 0.579. The average Bonchev–Trinajstić information content (AvgIpc) is 3.00. The molecule has 1 unspecified atom stereocenters. The van der Waals surface area contributed by atoms with Crippen LogP contribution in [0.3, 0.4) is 0 Å². The Balaban J connectivity index is 2.32. The molecule has 5 nitrogen and oxygen atoms in total. The Labute approximate surface area is 156 Å². The molecule has 1 aromatic rings. The number of hydrogen-bond acceptors (Lipinski definition) is 3. The van der Waals surface area contributed by atoms with Crippen LogP contribution in [-0.2, 0) is 11.0 Å². The van der Waals surface area contributed by atoms with Gasteiger partial charge >= 0.3 is 6.18 Å². The van der Waals surface area contributed by atoms with Crippen molar-refractivity contribution in [2.75, 3.05) is 20.2 Å². The lowest BCUT2D eigenvalue weighted by Crippen LogP contribution is -2.55. The number of alkyl halides is 3. The second kappa shape index (κ2) is 7.78. The molecule has 0 saturated carbocycles. The van der Waals surface area contributed by atoms with E-state index < -0.39 is 23.2 Å². The number of nitrogens with zero attached hydrogens (tertiary/aromatic N) is 1. The predicted molar refractivity (Wildman–Crippen MR) is 94.5 cm³/mol. The number of benzene rings is 1. The van der Waals surface area contributed by atoms with Crippen LogP contribution in [0.2, 0.25) is 0 Å². The summed E-state index contributed by atoms with van der Waals surface area (Å²) in [6.07, 6.45) is -3.57. The van der Waals surface area contributed by atoms with Gasteiger partial charge in [-0.3, -0.25) is 9.59 Å². The summed E-state index contributed by atoms with van der Waals surface area (Å²) in [4.78, 5) is 26.9. The van der Waals surface area contributed by atoms with Gasteiger partial charge in [0.15, 0.2) is 0 Å². The molecule has 0 aliphatic carbocycles. The Morgan fingerprint density at radius 2 is 2.00 bits per heavy atom. The molecule has 1 heterocycles. The molecule has 1 N–H and O–H groups in total. The van der Waals surface area contributed by atoms with E-state index in [0.29, 0.717) is 25.9 Å². The average molecular weight is 386 g/mol. The van der Waals surface area contributed by atoms with Crippen molar-refractivity contribution in [2.45, 2.75) is 45.3 Å². The van der Waals surface area contributed by atoms with Gasteiger partial charge in [-0.15, -0.1) is 0 Å². The summed E-state index contributed by atoms with van der Waals surface area (Å²) in [6, 6.07) is 3.20. The molecule has 150 valence electrons. The van der Waals surface area contributed by atoms with E-state index in [9.17, 15) is 22.8 Å². The van der Waals surface area contributed by atoms with Crippen LogP contribution < -0.4 is 10.1 Å². The molecule has 0 radical (unpaired) electrons. The molecule has 1 aliphatic rings. The van der Waals surface area contributed by atoms with Gasteiger partial charge in [-0.25, -0.2) is 0 Å². The van der Waals surface area contributed by atoms with E-state index in [4.69, 9.17) is 4.74 Å². The lowest BCUT2D eigenvalue weighted by Gasteiger charge is -2.34. The number of carbonyl (C=O) groups is 2. The van der Waals surface area contributed by atoms with E-state index in [1.807, 2.05) is 13.8 Å². The fourth-order valence-corrected chi connectivity index (χ4v) is 3.23. The van der Waals surface area contributed by atoms with E-state index in [0.717, 1.165) is 19.2 Å². The number of halogens is 3. The van der Waals surface area contributed by atoms with Crippen LogP contribution >= 0.6 is 0 Å². The van der Waals surface area contributed by atoms with E-state index in [-0.39, 0.29) is 23.1 Å². The Bertz CT molecular complexity index is 719. The molecule has 1 saturated heterocycles. The van der Waals surface area contributed by atoms with Crippen LogP contribution in [0.5, 0.6) is 5.75 Å². The number of likely N-dealkylation sites (tertiary alicyclic amines) is 1. The maximum absolute atomic E-state index is 13.2. The molecule has 8 heteroatoms. The second-order valence-electron chi connectivity index (χ2n) is 7.35. The maximum Gasteiger partial charge on any atom is 0.419 e. The zero-order valence-corrected chi connectivity index (χ0v) is 15.9. The molecule has 1 atom stereocenters. The molecule has 1 aliphatic heterocycles. The second-order valence-corrected chi connectivity index (χ2v) is 7.35. The van der Waals surface area contributed by atoms with Crippen molar-refractivity contribution in [1.82, 2.24) is 10.2 Å². The quantitative estimate of drug-likeness (QED) is 0.843. The third-order valence-corrected chi connectivity index (χ3v) is 4.80. The van der Waals surface area contributed by atoms with Gasteiger partial charge in [-0.2, -0.15) is 13.2 Å². The van der Waals surface area contributed by atoms with E-state index in [1.165, 1.54) is 11.0 Å². The van der Waals surface area contributed by atoms with Crippen molar-refractivity contribution in [3.8, 4) is 5.75 Å². The highest BCUT2D eigenvalue weighted by atomic mass is 19.4. The molecule has 1 fully saturated rings. The topological polar surface area (TPSA) is 58.6 Å². The minimum Gasteiger partial charge on any atom is -0.496 e. The fourth-order valence-electron chi connectivity index (χ4n) is 3.23. The summed E-state index contributed by atoms with van der Waals surface area (Å²) in [6.45, 7) is 6.35. The zero-order valence-electron chi connectivity index (χ0n) is 15.9. The van der Waals surface area contributed by atoms with Crippen LogP contribution in [-0.4, -0.2) is 42.5 Å². The first kappa shape index (κ1) is 21.1. The normalized spacial score (nSPS) is 20.1. The first-order chi connectivity index (χ1) is 12.5. The van der Waals surface area contributed by atoms with E-state index >= 15 is 0 Å². The third kappa shape index (κ3) is 4.36. The summed E-state index contributed by atoms with van der Waals surface area (Å²) < 4.78 is 44.5. The van der Waals surface area contributed by atoms with Gasteiger partial charge < -0.3 is 15.0 Å². The summed E-state index contributed by atoms with van der Waals surface area (Å²) >= 11 is 0. The third-order valence-electron chi connectivity index (χ3n) is 4.80. The van der Waals surface area contributed by atoms with Crippen molar-refractivity contribution >= 4 is 11.8 Å². The molecule has 1 aromatic carbocycles. The van der Waals surface area contributed by atoms with Crippen molar-refractivity contribution in [2.24, 2.45) is 5.92 Å². The van der Waals surface area contributed by atoms with Crippen LogP contribution in [0.4, 0.5) is 13.2 Å². The standard InChI is InChI=1S/C19H25F3N2O3/c1-12(2)11-23-17(26)18(3)8-5-9-24(18)16(25)13-6-7-15(27-4)14(10-13)19(20,21)22/h6-7,10,12H,5,8-9,11H2,1-4H3,(H,23,26). The summed E-state index contributed by atoms with van der Waals surface area (Å²) in [5.74, 6) is -0.980. The maximum atomic E-state index is 13.2. The smallest absolute Gasteiger partial charge is 0.419 e. The minimum absolute atomic E-state index is 0.118. The molecule has 27 heavy (non-hydrogen) atoms. The van der Waals surface area contributed by atoms with Crippen LogP contribution in [0, 0.1) is 5.92 Å². The van der Waals surface area contributed by atoms with Gasteiger partial charge in [0.2, 0.25) is 5.91 Å². The van der Waals surface area contributed by atoms with Crippen molar-refractivity contribution in [3.05, 3.63) is 29.3 Å². The van der Waals surface area contributed by atoms with Gasteiger partial charge in [0, 0.05) is 18.7 Å². The van der Waals surface area contributed by atoms with Crippen LogP contribution in [0.15, 0.2) is 18.2 Å². The lowest BCUT2D eigenvalue weighted by atomic mass is 9.96. The number of hydrogen-bond donors (Lipinski definition) is 1. The highest BCUT2D eigenvalue weighted by molar-refractivity contribution is 5.99.